The van der Waals surface area contributed by atoms with Crippen LogP contribution in [0.4, 0.5) is 4.39 Å². The average Bonchev–Trinajstić information content (AvgIpc) is 2.96. The highest BCUT2D eigenvalue weighted by molar-refractivity contribution is 5.99. The largest absolute Gasteiger partial charge is 0.492 e. The van der Waals surface area contributed by atoms with Gasteiger partial charge < -0.3 is 18.9 Å². The molecular formula is C34H36FNO5. The third-order valence-electron chi connectivity index (χ3n) is 7.85. The number of fused-ring (bicyclic) bond motifs is 4. The number of benzene rings is 3. The molecular weight excluding hydrogens is 521 g/mol. The fourth-order valence-corrected chi connectivity index (χ4v) is 5.56. The molecule has 0 aliphatic carbocycles. The summed E-state index contributed by atoms with van der Waals surface area (Å²) in [7, 11) is 0. The second-order valence-corrected chi connectivity index (χ2v) is 11.9. The van der Waals surface area contributed by atoms with Crippen molar-refractivity contribution >= 4 is 17.1 Å². The SMILES string of the molecule is CC(C)(C)C(=O)Oc1ccc2c(c1)OCC1=C2C(c2ccc(OCCN3CCCCC3)cc2)Oc2cc(F)ccc21. The molecule has 41 heavy (non-hydrogen) atoms. The molecule has 0 N–H and O–H groups in total. The summed E-state index contributed by atoms with van der Waals surface area (Å²) >= 11 is 0. The van der Waals surface area contributed by atoms with E-state index in [1.54, 1.807) is 18.2 Å². The molecule has 0 saturated carbocycles. The van der Waals surface area contributed by atoms with Crippen LogP contribution in [0.2, 0.25) is 0 Å². The van der Waals surface area contributed by atoms with Gasteiger partial charge in [-0.15, -0.1) is 0 Å². The standard InChI is InChI=1S/C34H36FNO5/c1-34(2,3)33(37)40-25-12-14-27-29(20-25)39-21-28-26-13-9-23(35)19-30(26)41-32(31(27)28)22-7-10-24(11-8-22)38-18-17-36-15-5-4-6-16-36/h7-14,19-20,32H,4-6,15-18,21H2,1-3H3. The normalized spacial score (nSPS) is 18.4. The summed E-state index contributed by atoms with van der Waals surface area (Å²) in [4.78, 5) is 14.9. The number of halogens is 1. The first-order chi connectivity index (χ1) is 19.8. The van der Waals surface area contributed by atoms with Crippen LogP contribution in [0.15, 0.2) is 60.7 Å². The number of carbonyl (C=O) groups excluding carboxylic acids is 1. The van der Waals surface area contributed by atoms with Gasteiger partial charge in [0.05, 0.1) is 5.41 Å². The van der Waals surface area contributed by atoms with Crippen LogP contribution in [0.5, 0.6) is 23.0 Å². The lowest BCUT2D eigenvalue weighted by Crippen LogP contribution is -2.33. The Balaban J connectivity index is 1.28. The van der Waals surface area contributed by atoms with Crippen molar-refractivity contribution < 1.29 is 28.1 Å². The Kier molecular flexibility index (Phi) is 7.47. The summed E-state index contributed by atoms with van der Waals surface area (Å²) in [6, 6.07) is 18.0. The van der Waals surface area contributed by atoms with Crippen molar-refractivity contribution in [2.24, 2.45) is 5.41 Å². The van der Waals surface area contributed by atoms with E-state index in [-0.39, 0.29) is 18.4 Å². The molecule has 1 saturated heterocycles. The lowest BCUT2D eigenvalue weighted by Gasteiger charge is -2.35. The number of hydrogen-bond acceptors (Lipinski definition) is 6. The van der Waals surface area contributed by atoms with Crippen molar-refractivity contribution in [3.8, 4) is 23.0 Å². The molecule has 0 bridgehead atoms. The van der Waals surface area contributed by atoms with E-state index in [1.807, 2.05) is 51.1 Å². The lowest BCUT2D eigenvalue weighted by atomic mass is 9.84. The van der Waals surface area contributed by atoms with Gasteiger partial charge in [0.1, 0.15) is 42.0 Å². The van der Waals surface area contributed by atoms with Crippen LogP contribution in [0.25, 0.3) is 11.1 Å². The first-order valence-electron chi connectivity index (χ1n) is 14.4. The van der Waals surface area contributed by atoms with E-state index >= 15 is 0 Å². The van der Waals surface area contributed by atoms with E-state index in [0.29, 0.717) is 23.9 Å². The number of nitrogens with zero attached hydrogens (tertiary/aromatic N) is 1. The predicted molar refractivity (Wildman–Crippen MR) is 156 cm³/mol. The van der Waals surface area contributed by atoms with Gasteiger partial charge in [-0.05, 0) is 88.7 Å². The molecule has 3 aliphatic rings. The number of esters is 1. The Morgan fingerprint density at radius 3 is 2.41 bits per heavy atom. The summed E-state index contributed by atoms with van der Waals surface area (Å²) < 4.78 is 38.5. The van der Waals surface area contributed by atoms with Gasteiger partial charge in [-0.25, -0.2) is 4.39 Å². The van der Waals surface area contributed by atoms with Crippen molar-refractivity contribution in [2.75, 3.05) is 32.8 Å². The average molecular weight is 558 g/mol. The zero-order valence-corrected chi connectivity index (χ0v) is 23.9. The molecule has 7 heteroatoms. The molecule has 6 nitrogen and oxygen atoms in total. The van der Waals surface area contributed by atoms with E-state index in [1.165, 1.54) is 31.4 Å². The van der Waals surface area contributed by atoms with Crippen molar-refractivity contribution in [1.29, 1.82) is 0 Å². The Morgan fingerprint density at radius 1 is 0.927 bits per heavy atom. The van der Waals surface area contributed by atoms with Crippen molar-refractivity contribution in [3.63, 3.8) is 0 Å². The minimum Gasteiger partial charge on any atom is -0.492 e. The number of likely N-dealkylation sites (tertiary alicyclic amines) is 1. The maximum Gasteiger partial charge on any atom is 0.316 e. The summed E-state index contributed by atoms with van der Waals surface area (Å²) in [5, 5.41) is 0. The van der Waals surface area contributed by atoms with Crippen LogP contribution in [0.3, 0.4) is 0 Å². The number of rotatable bonds is 6. The predicted octanol–water partition coefficient (Wildman–Crippen LogP) is 7.08. The number of hydrogen-bond donors (Lipinski definition) is 0. The van der Waals surface area contributed by atoms with Crippen molar-refractivity contribution in [3.05, 3.63) is 83.2 Å². The lowest BCUT2D eigenvalue weighted by molar-refractivity contribution is -0.143. The molecule has 1 fully saturated rings. The van der Waals surface area contributed by atoms with Gasteiger partial charge in [-0.3, -0.25) is 9.69 Å². The van der Waals surface area contributed by atoms with E-state index in [2.05, 4.69) is 4.90 Å². The molecule has 6 rings (SSSR count). The van der Waals surface area contributed by atoms with Crippen LogP contribution >= 0.6 is 0 Å². The quantitative estimate of drug-likeness (QED) is 0.239. The van der Waals surface area contributed by atoms with E-state index in [0.717, 1.165) is 53.2 Å². The molecule has 3 aliphatic heterocycles. The highest BCUT2D eigenvalue weighted by Gasteiger charge is 2.36. The molecule has 1 unspecified atom stereocenters. The zero-order chi connectivity index (χ0) is 28.6. The first kappa shape index (κ1) is 27.3. The maximum absolute atomic E-state index is 14.2. The van der Waals surface area contributed by atoms with E-state index in [9.17, 15) is 9.18 Å². The maximum atomic E-state index is 14.2. The first-order valence-corrected chi connectivity index (χ1v) is 14.4. The van der Waals surface area contributed by atoms with Gasteiger partial charge in [0.15, 0.2) is 6.10 Å². The van der Waals surface area contributed by atoms with Crippen LogP contribution in [-0.2, 0) is 4.79 Å². The molecule has 3 heterocycles. The van der Waals surface area contributed by atoms with Gasteiger partial charge in [0, 0.05) is 41.0 Å². The zero-order valence-electron chi connectivity index (χ0n) is 23.9. The number of piperidine rings is 1. The summed E-state index contributed by atoms with van der Waals surface area (Å²) in [6.45, 7) is 9.60. The third-order valence-corrected chi connectivity index (χ3v) is 7.85. The summed E-state index contributed by atoms with van der Waals surface area (Å²) in [5.74, 6) is 1.65. The van der Waals surface area contributed by atoms with Crippen LogP contribution in [-0.4, -0.2) is 43.7 Å². The molecule has 214 valence electrons. The molecule has 0 spiro atoms. The number of carbonyl (C=O) groups is 1. The Labute approximate surface area is 240 Å². The molecule has 3 aromatic rings. The van der Waals surface area contributed by atoms with Crippen molar-refractivity contribution in [1.82, 2.24) is 4.90 Å². The topological polar surface area (TPSA) is 57.2 Å². The number of ether oxygens (including phenoxy) is 4. The van der Waals surface area contributed by atoms with E-state index in [4.69, 9.17) is 18.9 Å². The molecule has 0 radical (unpaired) electrons. The minimum absolute atomic E-state index is 0.287. The minimum atomic E-state index is -0.628. The Bertz CT molecular complexity index is 1470. The van der Waals surface area contributed by atoms with Crippen LogP contribution in [0.1, 0.15) is 62.8 Å². The van der Waals surface area contributed by atoms with Gasteiger partial charge in [-0.1, -0.05) is 18.6 Å². The third kappa shape index (κ3) is 5.82. The second-order valence-electron chi connectivity index (χ2n) is 11.9. The second kappa shape index (κ2) is 11.2. The van der Waals surface area contributed by atoms with Gasteiger partial charge in [-0.2, -0.15) is 0 Å². The smallest absolute Gasteiger partial charge is 0.316 e. The molecule has 3 aromatic carbocycles. The van der Waals surface area contributed by atoms with Gasteiger partial charge in [0.2, 0.25) is 0 Å². The highest BCUT2D eigenvalue weighted by Crippen LogP contribution is 2.51. The van der Waals surface area contributed by atoms with Crippen molar-refractivity contribution in [2.45, 2.75) is 46.1 Å². The van der Waals surface area contributed by atoms with Crippen LogP contribution < -0.4 is 18.9 Å². The Hall–Kier alpha value is -3.84. The molecule has 1 atom stereocenters. The monoisotopic (exact) mass is 557 g/mol. The fourth-order valence-electron chi connectivity index (χ4n) is 5.56. The summed E-state index contributed by atoms with van der Waals surface area (Å²) in [6.07, 6.45) is 3.36. The Morgan fingerprint density at radius 2 is 1.66 bits per heavy atom. The van der Waals surface area contributed by atoms with Crippen LogP contribution in [0, 0.1) is 11.2 Å². The van der Waals surface area contributed by atoms with Gasteiger partial charge >= 0.3 is 5.97 Å². The summed E-state index contributed by atoms with van der Waals surface area (Å²) in [5.41, 5.74) is 3.86. The highest BCUT2D eigenvalue weighted by atomic mass is 19.1. The molecule has 0 aromatic heterocycles. The van der Waals surface area contributed by atoms with Gasteiger partial charge in [0.25, 0.3) is 0 Å². The fraction of sp³-hybridized carbons (Fsp3) is 0.382. The van der Waals surface area contributed by atoms with E-state index < -0.39 is 11.5 Å². The molecule has 0 amide bonds.